The molecule has 8 heteroatoms. The molecule has 3 aliphatic rings. The van der Waals surface area contributed by atoms with Crippen LogP contribution in [0.25, 0.3) is 11.3 Å². The van der Waals surface area contributed by atoms with E-state index in [1.54, 1.807) is 6.20 Å². The molecule has 1 aromatic heterocycles. The largest absolute Gasteiger partial charge is 0.493 e. The van der Waals surface area contributed by atoms with E-state index < -0.39 is 0 Å². The van der Waals surface area contributed by atoms with Gasteiger partial charge in [-0.25, -0.2) is 9.97 Å². The highest BCUT2D eigenvalue weighted by atomic mass is 16.5. The number of fused-ring (bicyclic) bond motifs is 2. The predicted octanol–water partition coefficient (Wildman–Crippen LogP) is 2.99. The minimum atomic E-state index is 0.103. The zero-order valence-corrected chi connectivity index (χ0v) is 19.8. The standard InChI is InChI=1S/C27H28N6O2/c1-32-8-10-33(11-9-32)26(34)19-4-5-25-20(12-19)13-21(16-35-25)24-15-18-3-2-17(14-23(18)30-24)22-6-7-29-27(28)31-22/h2-7,12,14,21H,8-11,13,15-16H2,1H3,(H2,28,29,31). The van der Waals surface area contributed by atoms with Crippen LogP contribution in [0.15, 0.2) is 53.7 Å². The Labute approximate surface area is 204 Å². The second-order valence-electron chi connectivity index (χ2n) is 9.55. The van der Waals surface area contributed by atoms with Gasteiger partial charge in [0.15, 0.2) is 0 Å². The number of carbonyl (C=O) groups excluding carboxylic acids is 1. The summed E-state index contributed by atoms with van der Waals surface area (Å²) in [4.78, 5) is 30.6. The molecule has 0 bridgehead atoms. The van der Waals surface area contributed by atoms with Crippen molar-refractivity contribution < 1.29 is 9.53 Å². The zero-order chi connectivity index (χ0) is 23.9. The maximum Gasteiger partial charge on any atom is 0.253 e. The lowest BCUT2D eigenvalue weighted by molar-refractivity contribution is 0.0664. The molecule has 1 fully saturated rings. The van der Waals surface area contributed by atoms with Crippen molar-refractivity contribution in [3.63, 3.8) is 0 Å². The maximum atomic E-state index is 13.1. The number of nitrogen functional groups attached to an aromatic ring is 1. The number of piperazine rings is 1. The third-order valence-electron chi connectivity index (χ3n) is 7.17. The molecule has 4 heterocycles. The van der Waals surface area contributed by atoms with Gasteiger partial charge < -0.3 is 20.3 Å². The van der Waals surface area contributed by atoms with Gasteiger partial charge in [-0.3, -0.25) is 9.79 Å². The number of carbonyl (C=O) groups is 1. The van der Waals surface area contributed by atoms with Gasteiger partial charge in [0.2, 0.25) is 5.95 Å². The van der Waals surface area contributed by atoms with E-state index >= 15 is 0 Å². The molecule has 1 atom stereocenters. The van der Waals surface area contributed by atoms with Crippen LogP contribution in [0.2, 0.25) is 0 Å². The number of nitrogens with zero attached hydrogens (tertiary/aromatic N) is 5. The van der Waals surface area contributed by atoms with Crippen LogP contribution < -0.4 is 10.5 Å². The van der Waals surface area contributed by atoms with E-state index in [4.69, 9.17) is 15.5 Å². The molecule has 178 valence electrons. The van der Waals surface area contributed by atoms with Gasteiger partial charge in [0.05, 0.1) is 18.0 Å². The lowest BCUT2D eigenvalue weighted by Crippen LogP contribution is -2.47. The first kappa shape index (κ1) is 21.7. The van der Waals surface area contributed by atoms with E-state index in [0.29, 0.717) is 6.61 Å². The molecule has 8 nitrogen and oxygen atoms in total. The Morgan fingerprint density at radius 2 is 1.91 bits per heavy atom. The minimum absolute atomic E-state index is 0.103. The Bertz CT molecular complexity index is 1330. The van der Waals surface area contributed by atoms with Crippen molar-refractivity contribution in [3.05, 3.63) is 65.4 Å². The molecular formula is C27H28N6O2. The average Bonchev–Trinajstić information content (AvgIpc) is 3.32. The van der Waals surface area contributed by atoms with Crippen molar-refractivity contribution in [3.8, 4) is 17.0 Å². The number of hydrogen-bond acceptors (Lipinski definition) is 7. The van der Waals surface area contributed by atoms with Crippen molar-refractivity contribution in [2.24, 2.45) is 10.9 Å². The van der Waals surface area contributed by atoms with Crippen LogP contribution in [0.4, 0.5) is 11.6 Å². The van der Waals surface area contributed by atoms with Crippen LogP contribution in [0.3, 0.4) is 0 Å². The fourth-order valence-electron chi connectivity index (χ4n) is 5.07. The summed E-state index contributed by atoms with van der Waals surface area (Å²) in [5, 5.41) is 0. The number of ether oxygens (including phenoxy) is 1. The first-order chi connectivity index (χ1) is 17.0. The van der Waals surface area contributed by atoms with Crippen LogP contribution in [0.5, 0.6) is 5.75 Å². The van der Waals surface area contributed by atoms with Crippen LogP contribution in [0.1, 0.15) is 21.5 Å². The summed E-state index contributed by atoms with van der Waals surface area (Å²) in [5.74, 6) is 1.42. The van der Waals surface area contributed by atoms with Gasteiger partial charge in [-0.05, 0) is 54.9 Å². The van der Waals surface area contributed by atoms with E-state index in [9.17, 15) is 4.79 Å². The molecule has 0 spiro atoms. The molecule has 1 unspecified atom stereocenters. The van der Waals surface area contributed by atoms with E-state index in [-0.39, 0.29) is 17.8 Å². The summed E-state index contributed by atoms with van der Waals surface area (Å²) < 4.78 is 6.10. The zero-order valence-electron chi connectivity index (χ0n) is 19.8. The van der Waals surface area contributed by atoms with Crippen LogP contribution >= 0.6 is 0 Å². The summed E-state index contributed by atoms with van der Waals surface area (Å²) in [6, 6.07) is 13.9. The quantitative estimate of drug-likeness (QED) is 0.635. The highest BCUT2D eigenvalue weighted by Gasteiger charge is 2.29. The third kappa shape index (κ3) is 4.25. The van der Waals surface area contributed by atoms with Crippen molar-refractivity contribution in [1.29, 1.82) is 0 Å². The van der Waals surface area contributed by atoms with Crippen LogP contribution in [0, 0.1) is 5.92 Å². The van der Waals surface area contributed by atoms with E-state index in [1.165, 1.54) is 5.56 Å². The number of aliphatic imine (C=N–C) groups is 1. The summed E-state index contributed by atoms with van der Waals surface area (Å²) in [6.45, 7) is 3.96. The predicted molar refractivity (Wildman–Crippen MR) is 135 cm³/mol. The summed E-state index contributed by atoms with van der Waals surface area (Å²) in [6.07, 6.45) is 3.30. The summed E-state index contributed by atoms with van der Waals surface area (Å²) in [5.41, 5.74) is 12.6. The minimum Gasteiger partial charge on any atom is -0.493 e. The number of hydrogen-bond donors (Lipinski definition) is 1. The average molecular weight is 469 g/mol. The van der Waals surface area contributed by atoms with Gasteiger partial charge in [0, 0.05) is 61.6 Å². The molecule has 1 amide bonds. The lowest BCUT2D eigenvalue weighted by Gasteiger charge is -2.33. The number of likely N-dealkylation sites (N-methyl/N-ethyl adjacent to an activating group) is 1. The number of amides is 1. The summed E-state index contributed by atoms with van der Waals surface area (Å²) in [7, 11) is 2.09. The van der Waals surface area contributed by atoms with E-state index in [1.807, 2.05) is 29.2 Å². The van der Waals surface area contributed by atoms with E-state index in [0.717, 1.165) is 78.6 Å². The lowest BCUT2D eigenvalue weighted by atomic mass is 9.89. The Kier molecular flexibility index (Phi) is 5.45. The Morgan fingerprint density at radius 3 is 2.74 bits per heavy atom. The molecule has 2 N–H and O–H groups in total. The topological polar surface area (TPSA) is 96.9 Å². The van der Waals surface area contributed by atoms with Crippen LogP contribution in [-0.4, -0.2) is 71.2 Å². The highest BCUT2D eigenvalue weighted by molar-refractivity contribution is 5.97. The smallest absolute Gasteiger partial charge is 0.253 e. The van der Waals surface area contributed by atoms with Gasteiger partial charge >= 0.3 is 0 Å². The summed E-state index contributed by atoms with van der Waals surface area (Å²) >= 11 is 0. The first-order valence-corrected chi connectivity index (χ1v) is 12.1. The van der Waals surface area contributed by atoms with Crippen molar-refractivity contribution in [2.45, 2.75) is 12.8 Å². The van der Waals surface area contributed by atoms with Crippen LogP contribution in [-0.2, 0) is 12.8 Å². The Hall–Kier alpha value is -3.78. The molecule has 6 rings (SSSR count). The molecule has 35 heavy (non-hydrogen) atoms. The van der Waals surface area contributed by atoms with Gasteiger partial charge in [0.1, 0.15) is 5.75 Å². The Morgan fingerprint density at radius 1 is 1.06 bits per heavy atom. The number of rotatable bonds is 3. The SMILES string of the molecule is CN1CCN(C(=O)c2ccc3c(c2)CC(C2=Nc4cc(-c5ccnc(N)n5)ccc4C2)CO3)CC1. The van der Waals surface area contributed by atoms with Crippen molar-refractivity contribution in [1.82, 2.24) is 19.8 Å². The normalized spacial score (nSPS) is 19.5. The molecule has 0 radical (unpaired) electrons. The molecule has 0 saturated carbocycles. The highest BCUT2D eigenvalue weighted by Crippen LogP contribution is 2.36. The van der Waals surface area contributed by atoms with Gasteiger partial charge in [-0.1, -0.05) is 12.1 Å². The molecule has 0 aliphatic carbocycles. The first-order valence-electron chi connectivity index (χ1n) is 12.1. The maximum absolute atomic E-state index is 13.1. The number of benzene rings is 2. The van der Waals surface area contributed by atoms with Gasteiger partial charge in [0.25, 0.3) is 5.91 Å². The number of nitrogens with two attached hydrogens (primary N) is 1. The molecule has 3 aliphatic heterocycles. The van der Waals surface area contributed by atoms with Gasteiger partial charge in [-0.2, -0.15) is 0 Å². The fraction of sp³-hybridized carbons (Fsp3) is 0.333. The van der Waals surface area contributed by atoms with Crippen molar-refractivity contribution >= 4 is 23.3 Å². The number of anilines is 1. The molecule has 3 aromatic rings. The third-order valence-corrected chi connectivity index (χ3v) is 7.17. The number of aromatic nitrogens is 2. The second kappa shape index (κ2) is 8.78. The molecular weight excluding hydrogens is 440 g/mol. The van der Waals surface area contributed by atoms with Gasteiger partial charge in [-0.15, -0.1) is 0 Å². The van der Waals surface area contributed by atoms with E-state index in [2.05, 4.69) is 40.1 Å². The van der Waals surface area contributed by atoms with Crippen molar-refractivity contribution in [2.75, 3.05) is 45.6 Å². The molecule has 2 aromatic carbocycles. The molecule has 1 saturated heterocycles. The fourth-order valence-corrected chi connectivity index (χ4v) is 5.07. The Balaban J connectivity index is 1.20. The second-order valence-corrected chi connectivity index (χ2v) is 9.55. The monoisotopic (exact) mass is 468 g/mol.